The second kappa shape index (κ2) is 9.50. The van der Waals surface area contributed by atoms with E-state index in [2.05, 4.69) is 44.2 Å². The fraction of sp³-hybridized carbons (Fsp3) is 0.520. The molecule has 9 heteroatoms. The molecular formula is C25H31ClN6O2. The molecule has 0 spiro atoms. The summed E-state index contributed by atoms with van der Waals surface area (Å²) in [5, 5.41) is 7.00. The summed E-state index contributed by atoms with van der Waals surface area (Å²) in [6.07, 6.45) is 4.59. The maximum Gasteiger partial charge on any atom is 0.232 e. The van der Waals surface area contributed by atoms with E-state index in [0.717, 1.165) is 42.9 Å². The molecule has 0 saturated carbocycles. The van der Waals surface area contributed by atoms with E-state index in [1.165, 1.54) is 6.33 Å². The Balaban J connectivity index is 1.37. The van der Waals surface area contributed by atoms with Crippen molar-refractivity contribution < 1.29 is 9.59 Å². The van der Waals surface area contributed by atoms with Crippen molar-refractivity contribution in [3.8, 4) is 0 Å². The Morgan fingerprint density at radius 1 is 1.15 bits per heavy atom. The number of anilines is 2. The third-order valence-electron chi connectivity index (χ3n) is 7.12. The summed E-state index contributed by atoms with van der Waals surface area (Å²) in [6, 6.07) is 8.22. The summed E-state index contributed by atoms with van der Waals surface area (Å²) in [5.41, 5.74) is 1.99. The number of nitrogens with zero attached hydrogens (tertiary/aromatic N) is 4. The van der Waals surface area contributed by atoms with Gasteiger partial charge in [-0.1, -0.05) is 37.6 Å². The summed E-state index contributed by atoms with van der Waals surface area (Å²) in [7, 11) is 0. The van der Waals surface area contributed by atoms with Crippen LogP contribution in [0.1, 0.15) is 50.2 Å². The van der Waals surface area contributed by atoms with E-state index in [1.807, 2.05) is 24.3 Å². The van der Waals surface area contributed by atoms with E-state index in [1.54, 1.807) is 0 Å². The lowest BCUT2D eigenvalue weighted by Gasteiger charge is -2.43. The Morgan fingerprint density at radius 3 is 2.53 bits per heavy atom. The highest BCUT2D eigenvalue weighted by Crippen LogP contribution is 2.37. The molecule has 3 aliphatic rings. The predicted octanol–water partition coefficient (Wildman–Crippen LogP) is 2.98. The van der Waals surface area contributed by atoms with Crippen LogP contribution in [-0.2, 0) is 16.0 Å². The summed E-state index contributed by atoms with van der Waals surface area (Å²) in [5.74, 6) is 1.44. The predicted molar refractivity (Wildman–Crippen MR) is 132 cm³/mol. The largest absolute Gasteiger partial charge is 0.352 e. The van der Waals surface area contributed by atoms with Gasteiger partial charge in [0.2, 0.25) is 11.8 Å². The van der Waals surface area contributed by atoms with Crippen molar-refractivity contribution in [2.45, 2.75) is 63.6 Å². The molecule has 2 saturated heterocycles. The molecule has 1 aromatic carbocycles. The Kier molecular flexibility index (Phi) is 6.44. The van der Waals surface area contributed by atoms with Gasteiger partial charge in [-0.3, -0.25) is 9.59 Å². The van der Waals surface area contributed by atoms with Crippen molar-refractivity contribution in [3.63, 3.8) is 0 Å². The lowest BCUT2D eigenvalue weighted by atomic mass is 9.95. The standard InChI is InChI=1S/C25H31ClN6O2/c1-15(2)27-11-21(16-3-5-17(26)6-4-16)25(34)32-18-7-8-19(32)13-31(12-18)24-20-9-10-22(33)30-23(20)28-14-29-24/h3-6,14-15,18-19,21,27H,7-13H2,1-2H3,(H,28,29,30,33). The Morgan fingerprint density at radius 2 is 1.85 bits per heavy atom. The van der Waals surface area contributed by atoms with E-state index >= 15 is 0 Å². The van der Waals surface area contributed by atoms with Crippen LogP contribution in [-0.4, -0.2) is 64.4 Å². The molecule has 8 nitrogen and oxygen atoms in total. The zero-order chi connectivity index (χ0) is 23.8. The van der Waals surface area contributed by atoms with Gasteiger partial charge in [0.05, 0.1) is 5.92 Å². The fourth-order valence-corrected chi connectivity index (χ4v) is 5.58. The quantitative estimate of drug-likeness (QED) is 0.657. The average molecular weight is 483 g/mol. The lowest BCUT2D eigenvalue weighted by Crippen LogP contribution is -2.58. The van der Waals surface area contributed by atoms with Crippen LogP contribution in [0.25, 0.3) is 0 Å². The maximum absolute atomic E-state index is 13.9. The van der Waals surface area contributed by atoms with E-state index in [4.69, 9.17) is 11.6 Å². The van der Waals surface area contributed by atoms with Gasteiger partial charge in [-0.15, -0.1) is 0 Å². The van der Waals surface area contributed by atoms with Gasteiger partial charge in [-0.25, -0.2) is 9.97 Å². The second-order valence-electron chi connectivity index (χ2n) is 9.78. The highest BCUT2D eigenvalue weighted by atomic mass is 35.5. The third kappa shape index (κ3) is 4.49. The van der Waals surface area contributed by atoms with Crippen molar-refractivity contribution in [3.05, 3.63) is 46.7 Å². The van der Waals surface area contributed by atoms with Crippen LogP contribution >= 0.6 is 11.6 Å². The highest BCUT2D eigenvalue weighted by Gasteiger charge is 2.45. The minimum Gasteiger partial charge on any atom is -0.352 e. The Hall–Kier alpha value is -2.71. The number of fused-ring (bicyclic) bond motifs is 3. The molecule has 1 aromatic heterocycles. The van der Waals surface area contributed by atoms with Crippen LogP contribution in [0.15, 0.2) is 30.6 Å². The molecule has 5 rings (SSSR count). The van der Waals surface area contributed by atoms with Crippen molar-refractivity contribution in [2.24, 2.45) is 0 Å². The first-order chi connectivity index (χ1) is 16.4. The molecule has 2 bridgehead atoms. The van der Waals surface area contributed by atoms with E-state index in [0.29, 0.717) is 36.3 Å². The Labute approximate surface area is 205 Å². The number of halogens is 1. The Bertz CT molecular complexity index is 1060. The van der Waals surface area contributed by atoms with Crippen LogP contribution in [0.5, 0.6) is 0 Å². The summed E-state index contributed by atoms with van der Waals surface area (Å²) in [4.78, 5) is 39.0. The zero-order valence-corrected chi connectivity index (χ0v) is 20.4. The first kappa shape index (κ1) is 23.1. The van der Waals surface area contributed by atoms with Crippen LogP contribution < -0.4 is 15.5 Å². The molecular weight excluding hydrogens is 452 g/mol. The average Bonchev–Trinajstić information content (AvgIpc) is 3.08. The fourth-order valence-electron chi connectivity index (χ4n) is 5.46. The number of piperazine rings is 1. The smallest absolute Gasteiger partial charge is 0.232 e. The zero-order valence-electron chi connectivity index (χ0n) is 19.6. The number of benzene rings is 1. The van der Waals surface area contributed by atoms with Gasteiger partial charge in [0, 0.05) is 54.8 Å². The van der Waals surface area contributed by atoms with Crippen LogP contribution in [0.3, 0.4) is 0 Å². The number of hydrogen-bond donors (Lipinski definition) is 2. The van der Waals surface area contributed by atoms with Crippen molar-refractivity contribution in [1.82, 2.24) is 20.2 Å². The SMILES string of the molecule is CC(C)NCC(C(=O)N1C2CCC1CN(c1ncnc3c1CCC(=O)N3)C2)c1ccc(Cl)cc1. The van der Waals surface area contributed by atoms with Gasteiger partial charge in [-0.05, 0) is 37.0 Å². The first-order valence-electron chi connectivity index (χ1n) is 12.1. The molecule has 2 amide bonds. The van der Waals surface area contributed by atoms with Gasteiger partial charge in [0.1, 0.15) is 18.0 Å². The van der Waals surface area contributed by atoms with Crippen molar-refractivity contribution >= 4 is 35.1 Å². The molecule has 4 heterocycles. The van der Waals surface area contributed by atoms with Crippen LogP contribution in [0, 0.1) is 0 Å². The number of hydrogen-bond acceptors (Lipinski definition) is 6. The minimum atomic E-state index is -0.253. The minimum absolute atomic E-state index is 0.00381. The number of carbonyl (C=O) groups excluding carboxylic acids is 2. The number of carbonyl (C=O) groups is 2. The molecule has 2 aromatic rings. The molecule has 2 fully saturated rings. The molecule has 0 radical (unpaired) electrons. The number of nitrogens with one attached hydrogen (secondary N) is 2. The normalized spacial score (nSPS) is 22.5. The summed E-state index contributed by atoms with van der Waals surface area (Å²) < 4.78 is 0. The van der Waals surface area contributed by atoms with Gasteiger partial charge >= 0.3 is 0 Å². The maximum atomic E-state index is 13.9. The molecule has 0 aliphatic carbocycles. The molecule has 2 N–H and O–H groups in total. The molecule has 3 unspecified atom stereocenters. The first-order valence-corrected chi connectivity index (χ1v) is 12.5. The monoisotopic (exact) mass is 482 g/mol. The van der Waals surface area contributed by atoms with Crippen molar-refractivity contribution in [2.75, 3.05) is 29.9 Å². The topological polar surface area (TPSA) is 90.5 Å². The van der Waals surface area contributed by atoms with Gasteiger partial charge in [0.15, 0.2) is 0 Å². The van der Waals surface area contributed by atoms with Crippen molar-refractivity contribution in [1.29, 1.82) is 0 Å². The van der Waals surface area contributed by atoms with Gasteiger partial charge in [-0.2, -0.15) is 0 Å². The third-order valence-corrected chi connectivity index (χ3v) is 7.37. The summed E-state index contributed by atoms with van der Waals surface area (Å²) >= 11 is 6.11. The van der Waals surface area contributed by atoms with Gasteiger partial charge < -0.3 is 20.4 Å². The summed E-state index contributed by atoms with van der Waals surface area (Å²) in [6.45, 7) is 6.26. The van der Waals surface area contributed by atoms with Gasteiger partial charge in [0.25, 0.3) is 0 Å². The number of aromatic nitrogens is 2. The van der Waals surface area contributed by atoms with E-state index in [-0.39, 0.29) is 29.8 Å². The van der Waals surface area contributed by atoms with E-state index < -0.39 is 0 Å². The number of rotatable bonds is 6. The number of amides is 2. The molecule has 180 valence electrons. The van der Waals surface area contributed by atoms with Crippen LogP contribution in [0.4, 0.5) is 11.6 Å². The highest BCUT2D eigenvalue weighted by molar-refractivity contribution is 6.30. The molecule has 3 aliphatic heterocycles. The molecule has 3 atom stereocenters. The second-order valence-corrected chi connectivity index (χ2v) is 10.2. The molecule has 34 heavy (non-hydrogen) atoms. The van der Waals surface area contributed by atoms with E-state index in [9.17, 15) is 9.59 Å². The van der Waals surface area contributed by atoms with Crippen LogP contribution in [0.2, 0.25) is 5.02 Å². The lowest BCUT2D eigenvalue weighted by molar-refractivity contribution is -0.136.